The summed E-state index contributed by atoms with van der Waals surface area (Å²) in [5, 5.41) is 0. The Balaban J connectivity index is 3.22. The molecule has 0 aliphatic carbocycles. The van der Waals surface area contributed by atoms with Gasteiger partial charge in [0.2, 0.25) is 0 Å². The van der Waals surface area contributed by atoms with E-state index in [0.29, 0.717) is 12.1 Å². The van der Waals surface area contributed by atoms with Gasteiger partial charge in [-0.25, -0.2) is 8.96 Å². The largest absolute Gasteiger partial charge is 0.308 e. The summed E-state index contributed by atoms with van der Waals surface area (Å²) in [5.74, 6) is 0. The second-order valence-electron chi connectivity index (χ2n) is 2.82. The van der Waals surface area contributed by atoms with Gasteiger partial charge in [-0.1, -0.05) is 6.92 Å². The summed E-state index contributed by atoms with van der Waals surface area (Å²) in [6.07, 6.45) is 3.52. The summed E-state index contributed by atoms with van der Waals surface area (Å²) < 4.78 is 25.6. The topological polar surface area (TPSA) is 55.2 Å². The van der Waals surface area contributed by atoms with E-state index in [9.17, 15) is 8.42 Å². The van der Waals surface area contributed by atoms with Crippen molar-refractivity contribution >= 4 is 10.2 Å². The molecule has 1 aromatic heterocycles. The Kier molecular flexibility index (Phi) is 2.72. The third kappa shape index (κ3) is 1.73. The molecular formula is C7H13N3O2S. The summed E-state index contributed by atoms with van der Waals surface area (Å²) in [7, 11) is -0.399. The fourth-order valence-corrected chi connectivity index (χ4v) is 1.94. The number of rotatable bonds is 3. The van der Waals surface area contributed by atoms with Crippen LogP contribution in [-0.2, 0) is 16.6 Å². The number of nitrogens with zero attached hydrogens (tertiary/aromatic N) is 3. The van der Waals surface area contributed by atoms with E-state index in [4.69, 9.17) is 0 Å². The average Bonchev–Trinajstić information content (AvgIpc) is 2.51. The molecule has 0 N–H and O–H groups in total. The molecule has 0 spiro atoms. The number of hydrogen-bond donors (Lipinski definition) is 0. The molecule has 0 bridgehead atoms. The molecule has 0 radical (unpaired) electrons. The van der Waals surface area contributed by atoms with Crippen molar-refractivity contribution in [1.82, 2.24) is 13.3 Å². The van der Waals surface area contributed by atoms with Crippen molar-refractivity contribution in [2.45, 2.75) is 13.3 Å². The molecule has 1 rings (SSSR count). The van der Waals surface area contributed by atoms with E-state index >= 15 is 0 Å². The lowest BCUT2D eigenvalue weighted by molar-refractivity contribution is 0.509. The molecule has 5 nitrogen and oxygen atoms in total. The van der Waals surface area contributed by atoms with Crippen molar-refractivity contribution in [3.05, 3.63) is 18.2 Å². The van der Waals surface area contributed by atoms with E-state index in [2.05, 4.69) is 4.98 Å². The molecule has 0 unspecified atom stereocenters. The highest BCUT2D eigenvalue weighted by atomic mass is 32.2. The van der Waals surface area contributed by atoms with Crippen molar-refractivity contribution in [3.63, 3.8) is 0 Å². The molecule has 1 heterocycles. The first kappa shape index (κ1) is 10.2. The molecule has 0 fully saturated rings. The van der Waals surface area contributed by atoms with E-state index in [-0.39, 0.29) is 0 Å². The molecule has 0 saturated carbocycles. The molecule has 13 heavy (non-hydrogen) atoms. The van der Waals surface area contributed by atoms with Crippen LogP contribution < -0.4 is 0 Å². The van der Waals surface area contributed by atoms with Crippen LogP contribution in [0.1, 0.15) is 12.6 Å². The van der Waals surface area contributed by atoms with Crippen LogP contribution >= 0.6 is 0 Å². The Morgan fingerprint density at radius 2 is 2.15 bits per heavy atom. The summed E-state index contributed by atoms with van der Waals surface area (Å²) in [6, 6.07) is 0. The molecule has 0 aliphatic rings. The van der Waals surface area contributed by atoms with Crippen molar-refractivity contribution < 1.29 is 8.42 Å². The van der Waals surface area contributed by atoms with Crippen LogP contribution in [0, 0.1) is 0 Å². The molecular weight excluding hydrogens is 190 g/mol. The van der Waals surface area contributed by atoms with E-state index in [1.807, 2.05) is 6.92 Å². The van der Waals surface area contributed by atoms with Gasteiger partial charge in [0, 0.05) is 20.3 Å². The van der Waals surface area contributed by atoms with Gasteiger partial charge in [-0.15, -0.1) is 0 Å². The normalized spacial score (nSPS) is 12.3. The summed E-state index contributed by atoms with van der Waals surface area (Å²) in [6.45, 7) is 1.89. The highest BCUT2D eigenvalue weighted by Crippen LogP contribution is 2.06. The first-order chi connectivity index (χ1) is 6.00. The lowest BCUT2D eigenvalue weighted by atomic mass is 10.4. The van der Waals surface area contributed by atoms with Crippen LogP contribution in [-0.4, -0.2) is 35.8 Å². The molecule has 0 amide bonds. The van der Waals surface area contributed by atoms with Crippen molar-refractivity contribution in [1.29, 1.82) is 0 Å². The number of imidazole rings is 1. The Morgan fingerprint density at radius 1 is 1.54 bits per heavy atom. The summed E-state index contributed by atoms with van der Waals surface area (Å²) in [5.41, 5.74) is 0.689. The molecule has 74 valence electrons. The molecule has 6 heteroatoms. The van der Waals surface area contributed by atoms with Crippen molar-refractivity contribution in [2.75, 3.05) is 14.1 Å². The fraction of sp³-hybridized carbons (Fsp3) is 0.571. The third-order valence-corrected chi connectivity index (χ3v) is 3.50. The molecule has 0 aromatic carbocycles. The molecule has 1 aromatic rings. The summed E-state index contributed by atoms with van der Waals surface area (Å²) in [4.78, 5) is 3.80. The van der Waals surface area contributed by atoms with Crippen LogP contribution in [0.5, 0.6) is 0 Å². The number of aromatic nitrogens is 2. The zero-order valence-corrected chi connectivity index (χ0v) is 8.74. The van der Waals surface area contributed by atoms with E-state index in [1.54, 1.807) is 6.20 Å². The van der Waals surface area contributed by atoms with Gasteiger partial charge in [0.05, 0.1) is 5.69 Å². The zero-order chi connectivity index (χ0) is 10.1. The SMILES string of the molecule is CCc1cncn1S(=O)(=O)N(C)C. The van der Waals surface area contributed by atoms with Gasteiger partial charge in [-0.2, -0.15) is 12.7 Å². The number of hydrogen-bond acceptors (Lipinski definition) is 3. The van der Waals surface area contributed by atoms with Gasteiger partial charge in [-0.3, -0.25) is 0 Å². The standard InChI is InChI=1S/C7H13N3O2S/c1-4-7-5-8-6-10(7)13(11,12)9(2)3/h5-6H,4H2,1-3H3. The van der Waals surface area contributed by atoms with E-state index in [1.165, 1.54) is 24.4 Å². The third-order valence-electron chi connectivity index (χ3n) is 1.75. The van der Waals surface area contributed by atoms with Gasteiger partial charge < -0.3 is 0 Å². The minimum Gasteiger partial charge on any atom is -0.244 e. The fourth-order valence-electron chi connectivity index (χ4n) is 0.942. The minimum absolute atomic E-state index is 0.646. The van der Waals surface area contributed by atoms with E-state index in [0.717, 1.165) is 4.31 Å². The molecule has 0 atom stereocenters. The van der Waals surface area contributed by atoms with Crippen molar-refractivity contribution in [2.24, 2.45) is 0 Å². The molecule has 0 saturated heterocycles. The number of aryl methyl sites for hydroxylation is 1. The second-order valence-corrected chi connectivity index (χ2v) is 4.84. The maximum atomic E-state index is 11.6. The maximum Gasteiger partial charge on any atom is 0.308 e. The van der Waals surface area contributed by atoms with Crippen LogP contribution in [0.3, 0.4) is 0 Å². The maximum absolute atomic E-state index is 11.6. The molecule has 0 aliphatic heterocycles. The predicted octanol–water partition coefficient (Wildman–Crippen LogP) is 0.1000. The van der Waals surface area contributed by atoms with Gasteiger partial charge in [0.25, 0.3) is 0 Å². The van der Waals surface area contributed by atoms with Gasteiger partial charge >= 0.3 is 10.2 Å². The Morgan fingerprint density at radius 3 is 2.62 bits per heavy atom. The Labute approximate surface area is 78.2 Å². The second kappa shape index (κ2) is 3.47. The van der Waals surface area contributed by atoms with Crippen LogP contribution in [0.25, 0.3) is 0 Å². The van der Waals surface area contributed by atoms with Gasteiger partial charge in [-0.05, 0) is 6.42 Å². The Hall–Kier alpha value is -0.880. The zero-order valence-electron chi connectivity index (χ0n) is 7.93. The lowest BCUT2D eigenvalue weighted by Gasteiger charge is -2.13. The predicted molar refractivity (Wildman–Crippen MR) is 49.6 cm³/mol. The first-order valence-electron chi connectivity index (χ1n) is 3.94. The smallest absolute Gasteiger partial charge is 0.244 e. The summed E-state index contributed by atoms with van der Waals surface area (Å²) >= 11 is 0. The monoisotopic (exact) mass is 203 g/mol. The van der Waals surface area contributed by atoms with Crippen LogP contribution in [0.15, 0.2) is 12.5 Å². The quantitative estimate of drug-likeness (QED) is 0.700. The van der Waals surface area contributed by atoms with Gasteiger partial charge in [0.15, 0.2) is 0 Å². The lowest BCUT2D eigenvalue weighted by Crippen LogP contribution is -2.29. The van der Waals surface area contributed by atoms with Crippen LogP contribution in [0.4, 0.5) is 0 Å². The van der Waals surface area contributed by atoms with E-state index < -0.39 is 10.2 Å². The first-order valence-corrected chi connectivity index (χ1v) is 5.34. The Bertz CT molecular complexity index is 380. The minimum atomic E-state index is -3.39. The van der Waals surface area contributed by atoms with Crippen molar-refractivity contribution in [3.8, 4) is 0 Å². The van der Waals surface area contributed by atoms with Gasteiger partial charge in [0.1, 0.15) is 6.33 Å². The average molecular weight is 203 g/mol. The van der Waals surface area contributed by atoms with Crippen LogP contribution in [0.2, 0.25) is 0 Å². The highest BCUT2D eigenvalue weighted by Gasteiger charge is 2.18. The highest BCUT2D eigenvalue weighted by molar-refractivity contribution is 7.87.